The molecule has 0 N–H and O–H groups in total. The first-order chi connectivity index (χ1) is 18.9. The fourth-order valence-electron chi connectivity index (χ4n) is 5.54. The van der Waals surface area contributed by atoms with Crippen LogP contribution in [0, 0.1) is 5.92 Å². The van der Waals surface area contributed by atoms with Crippen LogP contribution in [0.2, 0.25) is 0 Å². The predicted octanol–water partition coefficient (Wildman–Crippen LogP) is 1.97. The topological polar surface area (TPSA) is 138 Å². The van der Waals surface area contributed by atoms with E-state index in [0.29, 0.717) is 30.0 Å². The number of hydrogen-bond acceptors (Lipinski definition) is 8. The zero-order chi connectivity index (χ0) is 28.8. The van der Waals surface area contributed by atoms with Crippen LogP contribution < -0.4 is 4.31 Å². The third-order valence-corrected chi connectivity index (χ3v) is 9.49. The zero-order valence-corrected chi connectivity index (χ0v) is 23.9. The number of amides is 3. The molecule has 0 bridgehead atoms. The van der Waals surface area contributed by atoms with Crippen LogP contribution in [0.1, 0.15) is 42.9 Å². The Labute approximate surface area is 234 Å². The maximum atomic E-state index is 13.7. The van der Waals surface area contributed by atoms with Crippen LogP contribution in [0.3, 0.4) is 0 Å². The van der Waals surface area contributed by atoms with Gasteiger partial charge in [-0.25, -0.2) is 26.5 Å². The molecule has 11 nitrogen and oxygen atoms in total. The lowest BCUT2D eigenvalue weighted by Crippen LogP contribution is -2.47. The molecule has 2 fully saturated rings. The Morgan fingerprint density at radius 2 is 1.85 bits per heavy atom. The van der Waals surface area contributed by atoms with Crippen molar-refractivity contribution >= 4 is 44.3 Å². The molecule has 1 aliphatic heterocycles. The van der Waals surface area contributed by atoms with E-state index < -0.39 is 50.8 Å². The van der Waals surface area contributed by atoms with Gasteiger partial charge in [-0.1, -0.05) is 36.4 Å². The summed E-state index contributed by atoms with van der Waals surface area (Å²) in [6.45, 7) is 1.89. The van der Waals surface area contributed by atoms with E-state index in [1.54, 1.807) is 4.90 Å². The molecule has 40 heavy (non-hydrogen) atoms. The van der Waals surface area contributed by atoms with Gasteiger partial charge in [0.2, 0.25) is 22.4 Å². The molecule has 1 heterocycles. The van der Waals surface area contributed by atoms with Crippen molar-refractivity contribution in [2.75, 3.05) is 23.0 Å². The van der Waals surface area contributed by atoms with Crippen molar-refractivity contribution < 1.29 is 36.0 Å². The molecular formula is C27H31N3O8S2. The maximum Gasteiger partial charge on any atom is 0.418 e. The van der Waals surface area contributed by atoms with Crippen molar-refractivity contribution in [3.8, 4) is 0 Å². The van der Waals surface area contributed by atoms with Crippen LogP contribution in [-0.4, -0.2) is 69.3 Å². The molecule has 1 spiro atoms. The number of nitrogens with zero attached hydrogens (tertiary/aromatic N) is 3. The van der Waals surface area contributed by atoms with E-state index >= 15 is 0 Å². The second-order valence-electron chi connectivity index (χ2n) is 10.7. The van der Waals surface area contributed by atoms with Crippen LogP contribution in [0.5, 0.6) is 0 Å². The highest BCUT2D eigenvalue weighted by atomic mass is 32.2. The smallest absolute Gasteiger partial charge is 0.418 e. The monoisotopic (exact) mass is 589 g/mol. The molecule has 13 heteroatoms. The molecule has 214 valence electrons. The highest BCUT2D eigenvalue weighted by molar-refractivity contribution is 7.91. The Hall–Kier alpha value is -3.45. The molecule has 0 aromatic heterocycles. The molecule has 1 saturated carbocycles. The fourth-order valence-corrected chi connectivity index (χ4v) is 7.45. The van der Waals surface area contributed by atoms with Crippen LogP contribution in [0.4, 0.5) is 10.5 Å². The summed E-state index contributed by atoms with van der Waals surface area (Å²) in [7, 11) is -6.89. The summed E-state index contributed by atoms with van der Waals surface area (Å²) in [6.07, 6.45) is 2.49. The molecule has 2 aromatic rings. The summed E-state index contributed by atoms with van der Waals surface area (Å²) in [5.74, 6) is -1.34. The van der Waals surface area contributed by atoms with Gasteiger partial charge in [0.15, 0.2) is 9.84 Å². The number of thiol groups is 1. The third-order valence-electron chi connectivity index (χ3n) is 7.80. The SMILES string of the molecule is C[C@@H](C1CC1)N(Cc1ccccc1)C(=O)CN1C(=O)OC2(CCc3cc(N(CS(C)(=O)=O)[SH](=O)=O)ccc32)C1=O. The molecule has 5 rings (SSSR count). The van der Waals surface area contributed by atoms with Gasteiger partial charge in [-0.2, -0.15) is 0 Å². The lowest BCUT2D eigenvalue weighted by molar-refractivity contribution is -0.143. The van der Waals surface area contributed by atoms with Gasteiger partial charge in [0, 0.05) is 30.8 Å². The van der Waals surface area contributed by atoms with Crippen LogP contribution in [-0.2, 0) is 53.6 Å². The van der Waals surface area contributed by atoms with Crippen molar-refractivity contribution in [1.29, 1.82) is 0 Å². The number of carbonyl (C=O) groups excluding carboxylic acids is 3. The number of imide groups is 1. The Morgan fingerprint density at radius 1 is 1.15 bits per heavy atom. The van der Waals surface area contributed by atoms with Crippen molar-refractivity contribution in [3.63, 3.8) is 0 Å². The number of carbonyl (C=O) groups is 3. The number of aryl methyl sites for hydroxylation is 1. The zero-order valence-electron chi connectivity index (χ0n) is 22.2. The summed E-state index contributed by atoms with van der Waals surface area (Å²) in [5, 5.41) is 0. The van der Waals surface area contributed by atoms with Gasteiger partial charge >= 0.3 is 6.09 Å². The van der Waals surface area contributed by atoms with Crippen molar-refractivity contribution in [1.82, 2.24) is 9.80 Å². The van der Waals surface area contributed by atoms with E-state index in [1.165, 1.54) is 18.2 Å². The highest BCUT2D eigenvalue weighted by Crippen LogP contribution is 2.46. The lowest BCUT2D eigenvalue weighted by Gasteiger charge is -2.30. The largest absolute Gasteiger partial charge is 0.427 e. The average Bonchev–Trinajstić information content (AvgIpc) is 3.66. The number of rotatable bonds is 10. The van der Waals surface area contributed by atoms with E-state index in [0.717, 1.165) is 33.9 Å². The van der Waals surface area contributed by atoms with Gasteiger partial charge in [-0.15, -0.1) is 0 Å². The van der Waals surface area contributed by atoms with E-state index in [2.05, 4.69) is 0 Å². The average molecular weight is 590 g/mol. The fraction of sp³-hybridized carbons (Fsp3) is 0.444. The van der Waals surface area contributed by atoms with E-state index in [1.807, 2.05) is 37.3 Å². The number of fused-ring (bicyclic) bond motifs is 2. The summed E-state index contributed by atoms with van der Waals surface area (Å²) in [6, 6.07) is 13.8. The quantitative estimate of drug-likeness (QED) is 0.415. The standard InChI is InChI=1S/C27H31N3O8S2/c1-18(20-8-9-20)28(15-19-6-4-3-5-7-19)24(31)16-29-25(32)27(38-26(29)33)13-12-21-14-22(10-11-23(21)27)30(39(34)35)17-40(2,36)37/h3-7,10-11,14,18,20,39H,8-9,12-13,15-17H2,1-2H3/t18-,27?/m0/s1. The summed E-state index contributed by atoms with van der Waals surface area (Å²) < 4.78 is 53.4. The summed E-state index contributed by atoms with van der Waals surface area (Å²) in [4.78, 5) is 42.7. The van der Waals surface area contributed by atoms with Gasteiger partial charge in [0.25, 0.3) is 5.91 Å². The van der Waals surface area contributed by atoms with E-state index in [9.17, 15) is 31.2 Å². The van der Waals surface area contributed by atoms with Gasteiger partial charge in [0.05, 0.1) is 5.69 Å². The van der Waals surface area contributed by atoms with Crippen molar-refractivity contribution in [2.45, 2.75) is 50.8 Å². The minimum absolute atomic E-state index is 0.0524. The first-order valence-corrected chi connectivity index (χ1v) is 16.2. The Morgan fingerprint density at radius 3 is 2.48 bits per heavy atom. The lowest BCUT2D eigenvalue weighted by atomic mass is 9.94. The normalized spacial score (nSPS) is 21.0. The first-order valence-electron chi connectivity index (χ1n) is 13.0. The molecule has 1 unspecified atom stereocenters. The maximum absolute atomic E-state index is 13.7. The van der Waals surface area contributed by atoms with E-state index in [-0.39, 0.29) is 24.1 Å². The number of benzene rings is 2. The Kier molecular flexibility index (Phi) is 7.38. The molecule has 0 radical (unpaired) electrons. The van der Waals surface area contributed by atoms with Gasteiger partial charge in [-0.05, 0) is 55.4 Å². The van der Waals surface area contributed by atoms with Crippen LogP contribution >= 0.6 is 0 Å². The minimum Gasteiger partial charge on any atom is -0.427 e. The number of sulfone groups is 1. The van der Waals surface area contributed by atoms with Crippen molar-refractivity contribution in [2.24, 2.45) is 5.92 Å². The molecule has 2 aromatic carbocycles. The van der Waals surface area contributed by atoms with Crippen LogP contribution in [0.15, 0.2) is 48.5 Å². The van der Waals surface area contributed by atoms with Gasteiger partial charge in [0.1, 0.15) is 12.4 Å². The Balaban J connectivity index is 1.37. The minimum atomic E-state index is -3.65. The second-order valence-corrected chi connectivity index (χ2v) is 13.8. The van der Waals surface area contributed by atoms with E-state index in [4.69, 9.17) is 4.74 Å². The number of ether oxygens (including phenoxy) is 1. The Bertz CT molecular complexity index is 1530. The van der Waals surface area contributed by atoms with Gasteiger partial charge in [-0.3, -0.25) is 13.9 Å². The molecule has 3 amide bonds. The van der Waals surface area contributed by atoms with Crippen molar-refractivity contribution in [3.05, 3.63) is 65.2 Å². The summed E-state index contributed by atoms with van der Waals surface area (Å²) in [5.41, 5.74) is 0.429. The molecule has 2 atom stereocenters. The second kappa shape index (κ2) is 10.5. The third kappa shape index (κ3) is 5.44. The predicted molar refractivity (Wildman–Crippen MR) is 146 cm³/mol. The van der Waals surface area contributed by atoms with Gasteiger partial charge < -0.3 is 9.64 Å². The summed E-state index contributed by atoms with van der Waals surface area (Å²) >= 11 is 0. The molecule has 2 aliphatic carbocycles. The highest BCUT2D eigenvalue weighted by Gasteiger charge is 2.58. The number of hydrogen-bond donors (Lipinski definition) is 1. The van der Waals surface area contributed by atoms with Crippen LogP contribution in [0.25, 0.3) is 0 Å². The molecular weight excluding hydrogens is 558 g/mol. The molecule has 1 saturated heterocycles. The first kappa shape index (κ1) is 28.1. The number of anilines is 1. The molecule has 3 aliphatic rings.